The summed E-state index contributed by atoms with van der Waals surface area (Å²) in [5.74, 6) is -1.11. The average molecular weight is 528 g/mol. The number of hydrogen-bond donors (Lipinski definition) is 1. The van der Waals surface area contributed by atoms with Gasteiger partial charge in [-0.3, -0.25) is 13.9 Å². The number of sulfonamides is 1. The first-order valence-electron chi connectivity index (χ1n) is 11.5. The maximum absolute atomic E-state index is 13.4. The summed E-state index contributed by atoms with van der Waals surface area (Å²) in [4.78, 5) is 27.5. The second-order valence-corrected chi connectivity index (χ2v) is 10.5. The van der Waals surface area contributed by atoms with Crippen molar-refractivity contribution in [3.63, 3.8) is 0 Å². The van der Waals surface area contributed by atoms with Crippen LogP contribution in [0.3, 0.4) is 0 Å². The van der Waals surface area contributed by atoms with Gasteiger partial charge < -0.3 is 10.2 Å². The van der Waals surface area contributed by atoms with Gasteiger partial charge in [0, 0.05) is 12.6 Å². The van der Waals surface area contributed by atoms with Gasteiger partial charge in [0.25, 0.3) is 0 Å². The van der Waals surface area contributed by atoms with E-state index in [4.69, 9.17) is 0 Å². The van der Waals surface area contributed by atoms with E-state index < -0.39 is 46.2 Å². The summed E-state index contributed by atoms with van der Waals surface area (Å²) >= 11 is 0. The van der Waals surface area contributed by atoms with Crippen molar-refractivity contribution in [1.82, 2.24) is 10.2 Å². The standard InChI is InChI=1S/C25H32F3N3O4S/c1-5-18(2)29-24(33)19(3)30(15-14-20-10-7-6-8-11-20)23(32)17-31(36(4,34)35)22-13-9-12-21(16-22)25(26,27)28/h6-13,16,18-19H,5,14-15,17H2,1-4H3,(H,29,33)/t18-,19-/m1/s1. The lowest BCUT2D eigenvalue weighted by atomic mass is 10.1. The minimum atomic E-state index is -4.69. The van der Waals surface area contributed by atoms with E-state index in [9.17, 15) is 31.2 Å². The highest BCUT2D eigenvalue weighted by Gasteiger charge is 2.33. The summed E-state index contributed by atoms with van der Waals surface area (Å²) < 4.78 is 65.3. The molecule has 0 saturated carbocycles. The van der Waals surface area contributed by atoms with Gasteiger partial charge in [0.15, 0.2) is 0 Å². The van der Waals surface area contributed by atoms with E-state index >= 15 is 0 Å². The van der Waals surface area contributed by atoms with E-state index in [1.807, 2.05) is 44.2 Å². The Kier molecular flexibility index (Phi) is 9.92. The number of nitrogens with zero attached hydrogens (tertiary/aromatic N) is 2. The zero-order valence-corrected chi connectivity index (χ0v) is 21.6. The van der Waals surface area contributed by atoms with Crippen LogP contribution in [-0.4, -0.2) is 56.6 Å². The molecule has 0 aliphatic heterocycles. The van der Waals surface area contributed by atoms with E-state index in [2.05, 4.69) is 5.32 Å². The highest BCUT2D eigenvalue weighted by molar-refractivity contribution is 7.92. The highest BCUT2D eigenvalue weighted by atomic mass is 32.2. The van der Waals surface area contributed by atoms with Gasteiger partial charge in [-0.05, 0) is 50.5 Å². The van der Waals surface area contributed by atoms with Crippen LogP contribution >= 0.6 is 0 Å². The third-order valence-electron chi connectivity index (χ3n) is 5.79. The number of amides is 2. The third kappa shape index (κ3) is 8.25. The summed E-state index contributed by atoms with van der Waals surface area (Å²) in [5, 5.41) is 2.81. The van der Waals surface area contributed by atoms with Crippen LogP contribution in [0.4, 0.5) is 18.9 Å². The number of benzene rings is 2. The molecule has 0 aliphatic rings. The first-order valence-corrected chi connectivity index (χ1v) is 13.4. The molecule has 0 saturated heterocycles. The van der Waals surface area contributed by atoms with E-state index in [1.165, 1.54) is 17.9 Å². The lowest BCUT2D eigenvalue weighted by Gasteiger charge is -2.32. The number of halogens is 3. The predicted molar refractivity (Wildman–Crippen MR) is 133 cm³/mol. The topological polar surface area (TPSA) is 86.8 Å². The molecule has 198 valence electrons. The van der Waals surface area contributed by atoms with E-state index in [0.29, 0.717) is 23.2 Å². The zero-order chi connectivity index (χ0) is 27.1. The number of carbonyl (C=O) groups excluding carboxylic acids is 2. The maximum atomic E-state index is 13.4. The Morgan fingerprint density at radius 3 is 2.22 bits per heavy atom. The van der Waals surface area contributed by atoms with E-state index in [1.54, 1.807) is 0 Å². The molecule has 0 fully saturated rings. The van der Waals surface area contributed by atoms with Crippen molar-refractivity contribution >= 4 is 27.5 Å². The molecule has 2 aromatic carbocycles. The summed E-state index contributed by atoms with van der Waals surface area (Å²) in [6.45, 7) is 4.61. The van der Waals surface area contributed by atoms with Crippen LogP contribution in [0.2, 0.25) is 0 Å². The Morgan fingerprint density at radius 2 is 1.67 bits per heavy atom. The summed E-state index contributed by atoms with van der Waals surface area (Å²) in [6.07, 6.45) is -2.80. The van der Waals surface area contributed by atoms with Gasteiger partial charge in [-0.15, -0.1) is 0 Å². The molecule has 2 rings (SSSR count). The van der Waals surface area contributed by atoms with Crippen LogP contribution in [0.25, 0.3) is 0 Å². The second-order valence-electron chi connectivity index (χ2n) is 8.63. The van der Waals surface area contributed by atoms with E-state index in [-0.39, 0.29) is 18.3 Å². The van der Waals surface area contributed by atoms with Gasteiger partial charge in [0.05, 0.1) is 17.5 Å². The molecular formula is C25H32F3N3O4S. The molecule has 2 aromatic rings. The molecule has 2 amide bonds. The van der Waals surface area contributed by atoms with Crippen molar-refractivity contribution in [3.8, 4) is 0 Å². The number of anilines is 1. The molecule has 36 heavy (non-hydrogen) atoms. The predicted octanol–water partition coefficient (Wildman–Crippen LogP) is 3.85. The van der Waals surface area contributed by atoms with Crippen molar-refractivity contribution in [1.29, 1.82) is 0 Å². The quantitative estimate of drug-likeness (QED) is 0.481. The number of alkyl halides is 3. The van der Waals surface area contributed by atoms with Gasteiger partial charge >= 0.3 is 6.18 Å². The van der Waals surface area contributed by atoms with Crippen LogP contribution in [0, 0.1) is 0 Å². The number of hydrogen-bond acceptors (Lipinski definition) is 4. The smallest absolute Gasteiger partial charge is 0.352 e. The molecule has 0 heterocycles. The Morgan fingerprint density at radius 1 is 1.03 bits per heavy atom. The number of nitrogens with one attached hydrogen (secondary N) is 1. The van der Waals surface area contributed by atoms with Crippen LogP contribution < -0.4 is 9.62 Å². The fourth-order valence-corrected chi connectivity index (χ4v) is 4.33. The molecule has 11 heteroatoms. The fourth-order valence-electron chi connectivity index (χ4n) is 3.49. The van der Waals surface area contributed by atoms with E-state index in [0.717, 1.165) is 24.0 Å². The Balaban J connectivity index is 2.37. The number of rotatable bonds is 11. The molecule has 0 bridgehead atoms. The fraction of sp³-hybridized carbons (Fsp3) is 0.440. The molecule has 2 atom stereocenters. The third-order valence-corrected chi connectivity index (χ3v) is 6.93. The molecule has 7 nitrogen and oxygen atoms in total. The summed E-state index contributed by atoms with van der Waals surface area (Å²) in [6, 6.07) is 11.9. The highest BCUT2D eigenvalue weighted by Crippen LogP contribution is 2.32. The largest absolute Gasteiger partial charge is 0.416 e. The summed E-state index contributed by atoms with van der Waals surface area (Å²) in [5.41, 5.74) is -0.425. The normalized spacial score (nSPS) is 13.5. The minimum absolute atomic E-state index is 0.109. The molecular weight excluding hydrogens is 495 g/mol. The summed E-state index contributed by atoms with van der Waals surface area (Å²) in [7, 11) is -4.13. The Labute approximate surface area is 210 Å². The van der Waals surface area contributed by atoms with Crippen molar-refractivity contribution in [3.05, 3.63) is 65.7 Å². The van der Waals surface area contributed by atoms with Crippen LogP contribution in [0.15, 0.2) is 54.6 Å². The lowest BCUT2D eigenvalue weighted by molar-refractivity contribution is -0.139. The average Bonchev–Trinajstić information content (AvgIpc) is 2.81. The first-order chi connectivity index (χ1) is 16.7. The molecule has 0 aliphatic carbocycles. The first kappa shape index (κ1) is 29.2. The van der Waals surface area contributed by atoms with Gasteiger partial charge in [0.1, 0.15) is 12.6 Å². The number of carbonyl (C=O) groups is 2. The second kappa shape index (κ2) is 12.2. The molecule has 0 spiro atoms. The monoisotopic (exact) mass is 527 g/mol. The molecule has 0 aromatic heterocycles. The van der Waals surface area contributed by atoms with Crippen LogP contribution in [-0.2, 0) is 32.2 Å². The Hall–Kier alpha value is -3.08. The van der Waals surface area contributed by atoms with Crippen molar-refractivity contribution < 1.29 is 31.2 Å². The Bertz CT molecular complexity index is 1140. The maximum Gasteiger partial charge on any atom is 0.416 e. The molecule has 0 unspecified atom stereocenters. The zero-order valence-electron chi connectivity index (χ0n) is 20.7. The van der Waals surface area contributed by atoms with Gasteiger partial charge in [-0.25, -0.2) is 8.42 Å². The SMILES string of the molecule is CC[C@@H](C)NC(=O)[C@@H](C)N(CCc1ccccc1)C(=O)CN(c1cccc(C(F)(F)F)c1)S(C)(=O)=O. The van der Waals surface area contributed by atoms with Gasteiger partial charge in [0.2, 0.25) is 21.8 Å². The molecule has 0 radical (unpaired) electrons. The van der Waals surface area contributed by atoms with Crippen molar-refractivity contribution in [2.24, 2.45) is 0 Å². The molecule has 1 N–H and O–H groups in total. The minimum Gasteiger partial charge on any atom is -0.352 e. The van der Waals surface area contributed by atoms with Crippen LogP contribution in [0.1, 0.15) is 38.3 Å². The van der Waals surface area contributed by atoms with Gasteiger partial charge in [-0.2, -0.15) is 13.2 Å². The van der Waals surface area contributed by atoms with Crippen molar-refractivity contribution in [2.75, 3.05) is 23.7 Å². The van der Waals surface area contributed by atoms with Crippen molar-refractivity contribution in [2.45, 2.75) is 51.9 Å². The lowest BCUT2D eigenvalue weighted by Crippen LogP contribution is -2.53. The van der Waals surface area contributed by atoms with Crippen LogP contribution in [0.5, 0.6) is 0 Å². The van der Waals surface area contributed by atoms with Gasteiger partial charge in [-0.1, -0.05) is 43.3 Å².